The van der Waals surface area contributed by atoms with Gasteiger partial charge in [0, 0.05) is 9.61 Å². The van der Waals surface area contributed by atoms with Crippen LogP contribution in [0.4, 0.5) is 0 Å². The third kappa shape index (κ3) is 3.44. The van der Waals surface area contributed by atoms with Crippen LogP contribution in [0.3, 0.4) is 0 Å². The highest BCUT2D eigenvalue weighted by Gasteiger charge is 2.10. The number of hydrogen-bond acceptors (Lipinski definition) is 1. The molecule has 0 saturated heterocycles. The van der Waals surface area contributed by atoms with Gasteiger partial charge in [-0.25, -0.2) is 0 Å². The minimum absolute atomic E-state index is 0.348. The zero-order valence-electron chi connectivity index (χ0n) is 12.0. The summed E-state index contributed by atoms with van der Waals surface area (Å²) in [5, 5.41) is 6.05. The fourth-order valence-corrected chi connectivity index (χ4v) is 3.28. The van der Waals surface area contributed by atoms with Crippen molar-refractivity contribution in [3.63, 3.8) is 0 Å². The minimum atomic E-state index is 0.348. The highest BCUT2D eigenvalue weighted by molar-refractivity contribution is 14.1. The lowest BCUT2D eigenvalue weighted by Crippen LogP contribution is -2.18. The molecular formula is C19H18IN. The molecule has 2 heteroatoms. The van der Waals surface area contributed by atoms with Crippen molar-refractivity contribution in [3.05, 3.63) is 81.4 Å². The SMILES string of the molecule is CNC(Cc1ccc2ccccc2c1)c1cccc(I)c1. The molecular weight excluding hydrogens is 369 g/mol. The lowest BCUT2D eigenvalue weighted by Gasteiger charge is -2.17. The summed E-state index contributed by atoms with van der Waals surface area (Å²) in [6, 6.07) is 24.3. The molecule has 0 spiro atoms. The normalized spacial score (nSPS) is 12.5. The summed E-state index contributed by atoms with van der Waals surface area (Å²) in [4.78, 5) is 0. The van der Waals surface area contributed by atoms with Gasteiger partial charge in [0.25, 0.3) is 0 Å². The van der Waals surface area contributed by atoms with Gasteiger partial charge in [0.15, 0.2) is 0 Å². The van der Waals surface area contributed by atoms with E-state index >= 15 is 0 Å². The van der Waals surface area contributed by atoms with Gasteiger partial charge in [0.1, 0.15) is 0 Å². The molecule has 0 amide bonds. The number of nitrogens with one attached hydrogen (secondary N) is 1. The van der Waals surface area contributed by atoms with Gasteiger partial charge in [-0.1, -0.05) is 54.6 Å². The second-order valence-electron chi connectivity index (χ2n) is 5.28. The standard InChI is InChI=1S/C19H18IN/c1-21-19(17-7-4-8-18(20)13-17)12-14-9-10-15-5-2-3-6-16(15)11-14/h2-11,13,19,21H,12H2,1H3. The van der Waals surface area contributed by atoms with E-state index in [4.69, 9.17) is 0 Å². The van der Waals surface area contributed by atoms with E-state index < -0.39 is 0 Å². The van der Waals surface area contributed by atoms with E-state index in [9.17, 15) is 0 Å². The number of likely N-dealkylation sites (N-methyl/N-ethyl adjacent to an activating group) is 1. The van der Waals surface area contributed by atoms with Gasteiger partial charge >= 0.3 is 0 Å². The number of hydrogen-bond donors (Lipinski definition) is 1. The minimum Gasteiger partial charge on any atom is -0.313 e. The molecule has 0 bridgehead atoms. The highest BCUT2D eigenvalue weighted by Crippen LogP contribution is 2.22. The number of fused-ring (bicyclic) bond motifs is 1. The maximum atomic E-state index is 3.44. The summed E-state index contributed by atoms with van der Waals surface area (Å²) >= 11 is 2.37. The van der Waals surface area contributed by atoms with Crippen LogP contribution >= 0.6 is 22.6 Å². The van der Waals surface area contributed by atoms with E-state index in [-0.39, 0.29) is 0 Å². The van der Waals surface area contributed by atoms with E-state index in [1.165, 1.54) is 25.5 Å². The van der Waals surface area contributed by atoms with Crippen LogP contribution in [0.25, 0.3) is 10.8 Å². The van der Waals surface area contributed by atoms with Gasteiger partial charge in [0.2, 0.25) is 0 Å². The molecule has 0 heterocycles. The first kappa shape index (κ1) is 14.5. The molecule has 0 aromatic heterocycles. The first-order valence-electron chi connectivity index (χ1n) is 7.16. The van der Waals surface area contributed by atoms with Crippen LogP contribution in [0.1, 0.15) is 17.2 Å². The summed E-state index contributed by atoms with van der Waals surface area (Å²) in [5.74, 6) is 0. The Morgan fingerprint density at radius 3 is 2.48 bits per heavy atom. The molecule has 3 aromatic rings. The molecule has 106 valence electrons. The smallest absolute Gasteiger partial charge is 0.0358 e. The largest absolute Gasteiger partial charge is 0.313 e. The summed E-state index contributed by atoms with van der Waals surface area (Å²) in [5.41, 5.74) is 2.71. The summed E-state index contributed by atoms with van der Waals surface area (Å²) in [6.45, 7) is 0. The summed E-state index contributed by atoms with van der Waals surface area (Å²) < 4.78 is 1.28. The predicted molar refractivity (Wildman–Crippen MR) is 98.6 cm³/mol. The molecule has 0 aliphatic rings. The number of rotatable bonds is 4. The number of halogens is 1. The van der Waals surface area contributed by atoms with Crippen LogP contribution in [0.5, 0.6) is 0 Å². The average molecular weight is 387 g/mol. The molecule has 0 radical (unpaired) electrons. The number of benzene rings is 3. The third-order valence-electron chi connectivity index (χ3n) is 3.85. The third-order valence-corrected chi connectivity index (χ3v) is 4.52. The van der Waals surface area contributed by atoms with Crippen molar-refractivity contribution in [1.82, 2.24) is 5.32 Å². The zero-order chi connectivity index (χ0) is 14.7. The lowest BCUT2D eigenvalue weighted by atomic mass is 9.97. The van der Waals surface area contributed by atoms with Gasteiger partial charge in [-0.05, 0) is 70.1 Å². The van der Waals surface area contributed by atoms with Crippen molar-refractivity contribution in [2.75, 3.05) is 7.05 Å². The Bertz CT molecular complexity index is 751. The molecule has 1 unspecified atom stereocenters. The summed E-state index contributed by atoms with van der Waals surface area (Å²) in [6.07, 6.45) is 1.00. The zero-order valence-corrected chi connectivity index (χ0v) is 14.2. The van der Waals surface area contributed by atoms with E-state index in [2.05, 4.69) is 94.6 Å². The average Bonchev–Trinajstić information content (AvgIpc) is 2.52. The molecule has 3 aromatic carbocycles. The molecule has 1 nitrogen and oxygen atoms in total. The topological polar surface area (TPSA) is 12.0 Å². The Balaban J connectivity index is 1.88. The van der Waals surface area contributed by atoms with Crippen LogP contribution in [0.15, 0.2) is 66.7 Å². The van der Waals surface area contributed by atoms with Crippen LogP contribution in [-0.2, 0) is 6.42 Å². The highest BCUT2D eigenvalue weighted by atomic mass is 127. The Morgan fingerprint density at radius 1 is 0.905 bits per heavy atom. The first-order valence-corrected chi connectivity index (χ1v) is 8.24. The first-order chi connectivity index (χ1) is 10.3. The lowest BCUT2D eigenvalue weighted by molar-refractivity contribution is 0.592. The van der Waals surface area contributed by atoms with Crippen molar-refractivity contribution < 1.29 is 0 Å². The van der Waals surface area contributed by atoms with Gasteiger partial charge in [-0.2, -0.15) is 0 Å². The monoisotopic (exact) mass is 387 g/mol. The molecule has 0 aliphatic heterocycles. The van der Waals surface area contributed by atoms with Crippen LogP contribution in [0.2, 0.25) is 0 Å². The maximum Gasteiger partial charge on any atom is 0.0358 e. The van der Waals surface area contributed by atoms with Crippen molar-refractivity contribution in [2.24, 2.45) is 0 Å². The van der Waals surface area contributed by atoms with Gasteiger partial charge in [-0.3, -0.25) is 0 Å². The molecule has 0 fully saturated rings. The van der Waals surface area contributed by atoms with Gasteiger partial charge in [-0.15, -0.1) is 0 Å². The van der Waals surface area contributed by atoms with Crippen molar-refractivity contribution in [1.29, 1.82) is 0 Å². The van der Waals surface area contributed by atoms with Crippen molar-refractivity contribution in [3.8, 4) is 0 Å². The second kappa shape index (κ2) is 6.58. The van der Waals surface area contributed by atoms with E-state index in [1.54, 1.807) is 0 Å². The van der Waals surface area contributed by atoms with Crippen LogP contribution in [0, 0.1) is 3.57 Å². The Kier molecular flexibility index (Phi) is 4.56. The maximum absolute atomic E-state index is 3.44. The molecule has 3 rings (SSSR count). The van der Waals surface area contributed by atoms with Gasteiger partial charge < -0.3 is 5.32 Å². The Labute approximate surface area is 139 Å². The van der Waals surface area contributed by atoms with Crippen molar-refractivity contribution in [2.45, 2.75) is 12.5 Å². The molecule has 1 atom stereocenters. The van der Waals surface area contributed by atoms with Gasteiger partial charge in [0.05, 0.1) is 0 Å². The fourth-order valence-electron chi connectivity index (χ4n) is 2.71. The fraction of sp³-hybridized carbons (Fsp3) is 0.158. The molecule has 0 aliphatic carbocycles. The predicted octanol–water partition coefficient (Wildman–Crippen LogP) is 4.95. The van der Waals surface area contributed by atoms with Crippen LogP contribution < -0.4 is 5.32 Å². The van der Waals surface area contributed by atoms with Crippen molar-refractivity contribution >= 4 is 33.4 Å². The van der Waals surface area contributed by atoms with E-state index in [1.807, 2.05) is 7.05 Å². The van der Waals surface area contributed by atoms with Crippen LogP contribution in [-0.4, -0.2) is 7.05 Å². The molecule has 0 saturated carbocycles. The Morgan fingerprint density at radius 2 is 1.71 bits per heavy atom. The van der Waals surface area contributed by atoms with E-state index in [0.717, 1.165) is 6.42 Å². The van der Waals surface area contributed by atoms with E-state index in [0.29, 0.717) is 6.04 Å². The Hall–Kier alpha value is -1.39. The molecule has 21 heavy (non-hydrogen) atoms. The quantitative estimate of drug-likeness (QED) is 0.625. The molecule has 1 N–H and O–H groups in total. The summed E-state index contributed by atoms with van der Waals surface area (Å²) in [7, 11) is 2.03. The second-order valence-corrected chi connectivity index (χ2v) is 6.53.